The molecule has 332 valence electrons. The fraction of sp³-hybridized carbons (Fsp3) is 0.660. The lowest BCUT2D eigenvalue weighted by Crippen LogP contribution is -2.33. The number of phosphoric acid groups is 1. The summed E-state index contributed by atoms with van der Waals surface area (Å²) in [6.07, 6.45) is 36.4. The molecule has 1 aromatic rings. The predicted molar refractivity (Wildman–Crippen MR) is 234 cm³/mol. The van der Waals surface area contributed by atoms with E-state index in [1.807, 2.05) is 0 Å². The zero-order valence-corrected chi connectivity index (χ0v) is 37.1. The minimum Gasteiger partial charge on any atom is -0.462 e. The summed E-state index contributed by atoms with van der Waals surface area (Å²) in [6, 6.07) is 6.38. The number of unbranched alkanes of at least 4 members (excludes halogenated alkanes) is 17. The molecule has 59 heavy (non-hydrogen) atoms. The molecule has 1 N–H and O–H groups in total. The Labute approximate surface area is 355 Å². The van der Waals surface area contributed by atoms with Gasteiger partial charge in [0.2, 0.25) is 0 Å². The van der Waals surface area contributed by atoms with Crippen LogP contribution in [0.25, 0.3) is 0 Å². The first-order chi connectivity index (χ1) is 28.7. The van der Waals surface area contributed by atoms with E-state index in [2.05, 4.69) is 50.3 Å². The van der Waals surface area contributed by atoms with Crippen molar-refractivity contribution in [2.45, 2.75) is 174 Å². The Morgan fingerprint density at radius 2 is 1.14 bits per heavy atom. The zero-order valence-electron chi connectivity index (χ0n) is 36.2. The van der Waals surface area contributed by atoms with Crippen LogP contribution in [0.3, 0.4) is 0 Å². The summed E-state index contributed by atoms with van der Waals surface area (Å²) in [5.74, 6) is -1.99. The molecule has 1 aliphatic rings. The highest BCUT2D eigenvalue weighted by atomic mass is 31.2. The molecule has 1 aromatic carbocycles. The Kier molecular flexibility index (Phi) is 29.3. The Morgan fingerprint density at radius 1 is 0.644 bits per heavy atom. The van der Waals surface area contributed by atoms with Crippen LogP contribution in [0.15, 0.2) is 60.7 Å². The van der Waals surface area contributed by atoms with Crippen LogP contribution in [-0.4, -0.2) is 66.0 Å². The minimum atomic E-state index is -4.69. The van der Waals surface area contributed by atoms with Gasteiger partial charge in [0, 0.05) is 12.8 Å². The highest BCUT2D eigenvalue weighted by Gasteiger charge is 2.35. The molecule has 2 rings (SSSR count). The molecule has 0 aliphatic carbocycles. The van der Waals surface area contributed by atoms with Crippen LogP contribution in [-0.2, 0) is 32.7 Å². The summed E-state index contributed by atoms with van der Waals surface area (Å²) in [4.78, 5) is 61.9. The monoisotopic (exact) mass is 844 g/mol. The number of hydrogen-bond donors (Lipinski definition) is 1. The molecule has 0 bridgehead atoms. The maximum absolute atomic E-state index is 12.8. The van der Waals surface area contributed by atoms with E-state index in [1.165, 1.54) is 57.8 Å². The third kappa shape index (κ3) is 25.1. The summed E-state index contributed by atoms with van der Waals surface area (Å²) >= 11 is 0. The van der Waals surface area contributed by atoms with Gasteiger partial charge in [-0.2, -0.15) is 0 Å². The van der Waals surface area contributed by atoms with Crippen molar-refractivity contribution in [2.24, 2.45) is 0 Å². The van der Waals surface area contributed by atoms with Gasteiger partial charge < -0.3 is 14.4 Å². The van der Waals surface area contributed by atoms with E-state index in [1.54, 1.807) is 24.3 Å². The Morgan fingerprint density at radius 3 is 1.69 bits per heavy atom. The van der Waals surface area contributed by atoms with Gasteiger partial charge >= 0.3 is 19.8 Å². The molecule has 0 saturated heterocycles. The molecular weight excluding hydrogens is 769 g/mol. The van der Waals surface area contributed by atoms with Gasteiger partial charge in [-0.3, -0.25) is 33.1 Å². The summed E-state index contributed by atoms with van der Waals surface area (Å²) in [7, 11) is -4.69. The number of ether oxygens (including phenoxy) is 2. The number of hydrogen-bond acceptors (Lipinski definition) is 9. The number of rotatable bonds is 37. The van der Waals surface area contributed by atoms with Gasteiger partial charge in [0.05, 0.1) is 30.9 Å². The normalized spacial score (nSPS) is 14.5. The highest BCUT2D eigenvalue weighted by Crippen LogP contribution is 2.43. The second-order valence-electron chi connectivity index (χ2n) is 15.3. The number of fused-ring (bicyclic) bond motifs is 1. The van der Waals surface area contributed by atoms with Crippen molar-refractivity contribution in [2.75, 3.05) is 26.4 Å². The molecular formula is C47H74NO10P. The molecule has 0 saturated carbocycles. The third-order valence-electron chi connectivity index (χ3n) is 10.1. The van der Waals surface area contributed by atoms with E-state index in [0.717, 1.165) is 75.5 Å². The standard InChI is InChI=1S/C47H74NO10P/c1-3-5-7-9-11-13-15-17-18-20-21-23-25-27-29-35-44(49)55-39-41(58-45(50)36-30-28-26-24-22-19-16-14-12-10-8-6-4-2)40-57-59(53,54)56-38-37-48-46(51)42-33-31-32-34-43(42)47(48)52/h5,7,11,13,17-18,31-34,41H,3-4,6,8-10,12,14-16,19-30,35-40H2,1-2H3,(H,53,54)/b7-5-,13-11-,18-17-/t41-/m0/s1. The van der Waals surface area contributed by atoms with Gasteiger partial charge in [0.15, 0.2) is 6.10 Å². The Hall–Kier alpha value is -3.37. The van der Waals surface area contributed by atoms with Gasteiger partial charge in [0.25, 0.3) is 11.8 Å². The first-order valence-electron chi connectivity index (χ1n) is 22.6. The molecule has 11 nitrogen and oxygen atoms in total. The predicted octanol–water partition coefficient (Wildman–Crippen LogP) is 11.9. The molecule has 2 atom stereocenters. The Bertz CT molecular complexity index is 1440. The van der Waals surface area contributed by atoms with Gasteiger partial charge in [-0.1, -0.05) is 159 Å². The number of allylic oxidation sites excluding steroid dienone is 6. The lowest BCUT2D eigenvalue weighted by molar-refractivity contribution is -0.161. The molecule has 0 fully saturated rings. The van der Waals surface area contributed by atoms with Crippen molar-refractivity contribution in [1.29, 1.82) is 0 Å². The first-order valence-corrected chi connectivity index (χ1v) is 24.0. The highest BCUT2D eigenvalue weighted by molar-refractivity contribution is 7.47. The summed E-state index contributed by atoms with van der Waals surface area (Å²) < 4.78 is 33.9. The second kappa shape index (κ2) is 33.4. The number of amides is 2. The smallest absolute Gasteiger partial charge is 0.462 e. The molecule has 1 unspecified atom stereocenters. The first kappa shape index (κ1) is 51.8. The minimum absolute atomic E-state index is 0.166. The maximum atomic E-state index is 12.8. The van der Waals surface area contributed by atoms with E-state index in [0.29, 0.717) is 12.8 Å². The molecule has 1 aliphatic heterocycles. The lowest BCUT2D eigenvalue weighted by atomic mass is 10.0. The van der Waals surface area contributed by atoms with Crippen molar-refractivity contribution in [3.05, 3.63) is 71.8 Å². The van der Waals surface area contributed by atoms with E-state index in [-0.39, 0.29) is 37.1 Å². The van der Waals surface area contributed by atoms with E-state index in [9.17, 15) is 28.6 Å². The van der Waals surface area contributed by atoms with Gasteiger partial charge in [-0.05, 0) is 57.1 Å². The van der Waals surface area contributed by atoms with Crippen LogP contribution in [0.4, 0.5) is 0 Å². The van der Waals surface area contributed by atoms with Crippen molar-refractivity contribution in [3.63, 3.8) is 0 Å². The van der Waals surface area contributed by atoms with E-state index in [4.69, 9.17) is 18.5 Å². The summed E-state index contributed by atoms with van der Waals surface area (Å²) in [6.45, 7) is 2.75. The van der Waals surface area contributed by atoms with Crippen LogP contribution in [0.5, 0.6) is 0 Å². The molecule has 1 heterocycles. The summed E-state index contributed by atoms with van der Waals surface area (Å²) in [5.41, 5.74) is 0.515. The SMILES string of the molecule is CC/C=C\C/C=C\C/C=C\CCCCCCCC(=O)OC[C@@H](COP(=O)(O)OCCN1C(=O)c2ccccc2C1=O)OC(=O)CCCCCCCCCCCCCCC. The van der Waals surface area contributed by atoms with Gasteiger partial charge in [-0.15, -0.1) is 0 Å². The average Bonchev–Trinajstić information content (AvgIpc) is 3.46. The number of carbonyl (C=O) groups is 4. The second-order valence-corrected chi connectivity index (χ2v) is 16.7. The van der Waals surface area contributed by atoms with E-state index < -0.39 is 50.9 Å². The Balaban J connectivity index is 1.71. The fourth-order valence-corrected chi connectivity index (χ4v) is 7.44. The topological polar surface area (TPSA) is 146 Å². The van der Waals surface area contributed by atoms with Crippen molar-refractivity contribution in [1.82, 2.24) is 4.90 Å². The van der Waals surface area contributed by atoms with Gasteiger partial charge in [0.1, 0.15) is 6.61 Å². The van der Waals surface area contributed by atoms with Crippen LogP contribution >= 0.6 is 7.82 Å². The molecule has 0 radical (unpaired) electrons. The van der Waals surface area contributed by atoms with E-state index >= 15 is 0 Å². The number of nitrogens with zero attached hydrogens (tertiary/aromatic N) is 1. The number of esters is 2. The lowest BCUT2D eigenvalue weighted by Gasteiger charge is -2.20. The largest absolute Gasteiger partial charge is 0.472 e. The summed E-state index contributed by atoms with van der Waals surface area (Å²) in [5, 5.41) is 0. The van der Waals surface area contributed by atoms with Crippen LogP contribution in [0, 0.1) is 0 Å². The number of imide groups is 1. The number of benzene rings is 1. The van der Waals surface area contributed by atoms with Crippen molar-refractivity contribution < 1.29 is 47.2 Å². The van der Waals surface area contributed by atoms with Crippen LogP contribution in [0.2, 0.25) is 0 Å². The molecule has 2 amide bonds. The van der Waals surface area contributed by atoms with Crippen molar-refractivity contribution >= 4 is 31.6 Å². The maximum Gasteiger partial charge on any atom is 0.472 e. The number of phosphoric ester groups is 1. The average molecular weight is 844 g/mol. The zero-order chi connectivity index (χ0) is 42.8. The van der Waals surface area contributed by atoms with Crippen LogP contribution in [0.1, 0.15) is 189 Å². The quantitative estimate of drug-likeness (QED) is 0.0226. The molecule has 0 aromatic heterocycles. The van der Waals surface area contributed by atoms with Gasteiger partial charge in [-0.25, -0.2) is 4.57 Å². The fourth-order valence-electron chi connectivity index (χ4n) is 6.70. The molecule has 0 spiro atoms. The molecule has 12 heteroatoms. The number of carbonyl (C=O) groups excluding carboxylic acids is 4. The third-order valence-corrected chi connectivity index (χ3v) is 11.1. The van der Waals surface area contributed by atoms with Crippen molar-refractivity contribution in [3.8, 4) is 0 Å². The van der Waals surface area contributed by atoms with Crippen LogP contribution < -0.4 is 0 Å².